The van der Waals surface area contributed by atoms with Crippen LogP contribution in [0.25, 0.3) is 11.5 Å². The molecule has 1 aromatic heterocycles. The monoisotopic (exact) mass is 290 g/mol. The summed E-state index contributed by atoms with van der Waals surface area (Å²) in [6.07, 6.45) is 0.126. The van der Waals surface area contributed by atoms with Gasteiger partial charge in [0.05, 0.1) is 18.8 Å². The Morgan fingerprint density at radius 1 is 1.24 bits per heavy atom. The molecule has 0 bridgehead atoms. The Bertz CT molecular complexity index is 563. The summed E-state index contributed by atoms with van der Waals surface area (Å²) < 4.78 is 10.7. The number of nitrogens with two attached hydrogens (primary N) is 1. The van der Waals surface area contributed by atoms with E-state index in [2.05, 4.69) is 10.1 Å². The van der Waals surface area contributed by atoms with Gasteiger partial charge in [0.1, 0.15) is 0 Å². The lowest BCUT2D eigenvalue weighted by Gasteiger charge is -2.11. The summed E-state index contributed by atoms with van der Waals surface area (Å²) in [4.78, 5) is 6.37. The predicted octanol–water partition coefficient (Wildman–Crippen LogP) is 2.23. The Hall–Kier alpha value is -1.92. The van der Waals surface area contributed by atoms with Gasteiger partial charge in [0.15, 0.2) is 5.82 Å². The topological polar surface area (TPSA) is 77.4 Å². The molecular weight excluding hydrogens is 268 g/mol. The molecular formula is C15H22N4O2. The fourth-order valence-corrected chi connectivity index (χ4v) is 1.78. The summed E-state index contributed by atoms with van der Waals surface area (Å²) in [6.45, 7) is 4.29. The van der Waals surface area contributed by atoms with Gasteiger partial charge in [-0.15, -0.1) is 0 Å². The van der Waals surface area contributed by atoms with Crippen LogP contribution in [-0.4, -0.2) is 36.9 Å². The largest absolute Gasteiger partial charge is 0.378 e. The third kappa shape index (κ3) is 4.03. The molecule has 0 spiro atoms. The second-order valence-electron chi connectivity index (χ2n) is 5.39. The lowest BCUT2D eigenvalue weighted by Crippen LogP contribution is -2.20. The minimum absolute atomic E-state index is 0.126. The Labute approximate surface area is 124 Å². The van der Waals surface area contributed by atoms with Crippen LogP contribution in [0.2, 0.25) is 0 Å². The Morgan fingerprint density at radius 3 is 2.48 bits per heavy atom. The van der Waals surface area contributed by atoms with Gasteiger partial charge in [-0.1, -0.05) is 5.16 Å². The van der Waals surface area contributed by atoms with Gasteiger partial charge in [-0.2, -0.15) is 4.98 Å². The van der Waals surface area contributed by atoms with Gasteiger partial charge in [0.2, 0.25) is 0 Å². The fraction of sp³-hybridized carbons (Fsp3) is 0.467. The highest BCUT2D eigenvalue weighted by molar-refractivity contribution is 5.58. The van der Waals surface area contributed by atoms with Gasteiger partial charge in [-0.25, -0.2) is 0 Å². The normalized spacial score (nSPS) is 12.7. The molecule has 1 atom stereocenters. The average molecular weight is 290 g/mol. The fourth-order valence-electron chi connectivity index (χ4n) is 1.78. The van der Waals surface area contributed by atoms with E-state index < -0.39 is 0 Å². The highest BCUT2D eigenvalue weighted by Gasteiger charge is 2.16. The Morgan fingerprint density at radius 2 is 1.90 bits per heavy atom. The quantitative estimate of drug-likeness (QED) is 0.879. The van der Waals surface area contributed by atoms with Crippen molar-refractivity contribution in [3.05, 3.63) is 30.1 Å². The highest BCUT2D eigenvalue weighted by Crippen LogP contribution is 2.22. The average Bonchev–Trinajstić information content (AvgIpc) is 2.94. The lowest BCUT2D eigenvalue weighted by molar-refractivity contribution is 0.0665. The van der Waals surface area contributed by atoms with Crippen molar-refractivity contribution in [3.63, 3.8) is 0 Å². The van der Waals surface area contributed by atoms with Crippen LogP contribution in [0.1, 0.15) is 25.7 Å². The molecule has 21 heavy (non-hydrogen) atoms. The molecule has 1 unspecified atom stereocenters. The van der Waals surface area contributed by atoms with Crippen LogP contribution in [-0.2, 0) is 4.74 Å². The van der Waals surface area contributed by atoms with Crippen molar-refractivity contribution in [2.24, 2.45) is 5.73 Å². The third-order valence-electron chi connectivity index (χ3n) is 3.01. The molecule has 2 aromatic rings. The van der Waals surface area contributed by atoms with Gasteiger partial charge in [-0.3, -0.25) is 0 Å². The van der Waals surface area contributed by atoms with Gasteiger partial charge < -0.3 is 19.9 Å². The first-order valence-electron chi connectivity index (χ1n) is 6.96. The van der Waals surface area contributed by atoms with E-state index in [9.17, 15) is 0 Å². The second kappa shape index (κ2) is 6.69. The van der Waals surface area contributed by atoms with Crippen molar-refractivity contribution < 1.29 is 9.26 Å². The summed E-state index contributed by atoms with van der Waals surface area (Å²) in [5.41, 5.74) is 7.97. The molecule has 1 aromatic carbocycles. The van der Waals surface area contributed by atoms with Crippen LogP contribution < -0.4 is 10.6 Å². The van der Waals surface area contributed by atoms with Crippen molar-refractivity contribution >= 4 is 5.69 Å². The smallest absolute Gasteiger partial charge is 0.257 e. The third-order valence-corrected chi connectivity index (χ3v) is 3.01. The summed E-state index contributed by atoms with van der Waals surface area (Å²) in [5, 5.41) is 3.93. The van der Waals surface area contributed by atoms with E-state index in [-0.39, 0.29) is 12.1 Å². The maximum Gasteiger partial charge on any atom is 0.257 e. The molecule has 0 radical (unpaired) electrons. The summed E-state index contributed by atoms with van der Waals surface area (Å²) in [6, 6.07) is 7.51. The van der Waals surface area contributed by atoms with E-state index in [4.69, 9.17) is 15.0 Å². The number of nitrogens with zero attached hydrogens (tertiary/aromatic N) is 3. The number of aromatic nitrogens is 2. The van der Waals surface area contributed by atoms with Crippen molar-refractivity contribution in [2.75, 3.05) is 25.6 Å². The maximum atomic E-state index is 5.98. The van der Waals surface area contributed by atoms with Crippen LogP contribution in [0.4, 0.5) is 5.69 Å². The Kier molecular flexibility index (Phi) is 4.93. The zero-order chi connectivity index (χ0) is 15.4. The molecule has 6 heteroatoms. The number of anilines is 1. The van der Waals surface area contributed by atoms with E-state index in [1.807, 2.05) is 57.1 Å². The first-order valence-corrected chi connectivity index (χ1v) is 6.96. The molecule has 0 saturated carbocycles. The number of hydrogen-bond acceptors (Lipinski definition) is 6. The summed E-state index contributed by atoms with van der Waals surface area (Å²) >= 11 is 0. The molecule has 0 fully saturated rings. The molecule has 114 valence electrons. The van der Waals surface area contributed by atoms with Gasteiger partial charge in [0, 0.05) is 25.3 Å². The van der Waals surface area contributed by atoms with E-state index in [1.54, 1.807) is 0 Å². The standard InChI is InChI=1S/C15H22N4O2/c1-10(2)20-9-13(16)14-17-15(21-18-14)11-5-7-12(8-6-11)19(3)4/h5-8,10,13H,9,16H2,1-4H3. The highest BCUT2D eigenvalue weighted by atomic mass is 16.5. The van der Waals surface area contributed by atoms with E-state index >= 15 is 0 Å². The summed E-state index contributed by atoms with van der Waals surface area (Å²) in [5.74, 6) is 0.928. The molecule has 1 heterocycles. The van der Waals surface area contributed by atoms with Gasteiger partial charge in [0.25, 0.3) is 5.89 Å². The van der Waals surface area contributed by atoms with Crippen molar-refractivity contribution in [1.82, 2.24) is 10.1 Å². The number of benzene rings is 1. The molecule has 0 saturated heterocycles. The van der Waals surface area contributed by atoms with Crippen LogP contribution in [0.15, 0.2) is 28.8 Å². The van der Waals surface area contributed by atoms with Crippen LogP contribution in [0, 0.1) is 0 Å². The first-order chi connectivity index (χ1) is 9.97. The molecule has 2 N–H and O–H groups in total. The maximum absolute atomic E-state index is 5.98. The molecule has 6 nitrogen and oxygen atoms in total. The zero-order valence-corrected chi connectivity index (χ0v) is 12.9. The number of ether oxygens (including phenoxy) is 1. The number of rotatable bonds is 6. The van der Waals surface area contributed by atoms with Crippen molar-refractivity contribution in [3.8, 4) is 11.5 Å². The molecule has 0 aliphatic heterocycles. The first kappa shape index (κ1) is 15.5. The van der Waals surface area contributed by atoms with Crippen LogP contribution >= 0.6 is 0 Å². The molecule has 0 aliphatic carbocycles. The van der Waals surface area contributed by atoms with Crippen LogP contribution in [0.3, 0.4) is 0 Å². The van der Waals surface area contributed by atoms with Crippen molar-refractivity contribution in [2.45, 2.75) is 26.0 Å². The van der Waals surface area contributed by atoms with Crippen molar-refractivity contribution in [1.29, 1.82) is 0 Å². The Balaban J connectivity index is 2.08. The van der Waals surface area contributed by atoms with Crippen LogP contribution in [0.5, 0.6) is 0 Å². The van der Waals surface area contributed by atoms with E-state index in [1.165, 1.54) is 0 Å². The number of hydrogen-bond donors (Lipinski definition) is 1. The molecule has 0 aliphatic rings. The second-order valence-corrected chi connectivity index (χ2v) is 5.39. The zero-order valence-electron chi connectivity index (χ0n) is 12.9. The lowest BCUT2D eigenvalue weighted by atomic mass is 10.2. The predicted molar refractivity (Wildman–Crippen MR) is 82.1 cm³/mol. The molecule has 2 rings (SSSR count). The minimum atomic E-state index is -0.383. The van der Waals surface area contributed by atoms with E-state index in [0.717, 1.165) is 11.3 Å². The minimum Gasteiger partial charge on any atom is -0.378 e. The summed E-state index contributed by atoms with van der Waals surface area (Å²) in [7, 11) is 3.99. The SMILES string of the molecule is CC(C)OCC(N)c1noc(-c2ccc(N(C)C)cc2)n1. The van der Waals surface area contributed by atoms with Gasteiger partial charge in [-0.05, 0) is 38.1 Å². The van der Waals surface area contributed by atoms with E-state index in [0.29, 0.717) is 18.3 Å². The van der Waals surface area contributed by atoms with Gasteiger partial charge >= 0.3 is 0 Å². The molecule has 0 amide bonds.